The molecule has 1 saturated heterocycles. The standard InChI is InChI=1S/C15H24N2O2/c1-16-10-13-5-4-6-17(13)11-12-7-14(18-2)9-15(8-12)19-3/h7-9,13,16H,4-6,10-11H2,1-3H3. The van der Waals surface area contributed by atoms with Crippen LogP contribution >= 0.6 is 0 Å². The number of likely N-dealkylation sites (tertiary alicyclic amines) is 1. The quantitative estimate of drug-likeness (QED) is 0.850. The summed E-state index contributed by atoms with van der Waals surface area (Å²) in [4.78, 5) is 2.53. The predicted octanol–water partition coefficient (Wildman–Crippen LogP) is 1.89. The topological polar surface area (TPSA) is 33.7 Å². The van der Waals surface area contributed by atoms with E-state index < -0.39 is 0 Å². The number of ether oxygens (including phenoxy) is 2. The molecule has 1 atom stereocenters. The monoisotopic (exact) mass is 264 g/mol. The fraction of sp³-hybridized carbons (Fsp3) is 0.600. The van der Waals surface area contributed by atoms with Crippen LogP contribution in [0, 0.1) is 0 Å². The molecule has 1 N–H and O–H groups in total. The van der Waals surface area contributed by atoms with E-state index in [9.17, 15) is 0 Å². The van der Waals surface area contributed by atoms with Crippen LogP contribution < -0.4 is 14.8 Å². The minimum Gasteiger partial charge on any atom is -0.497 e. The van der Waals surface area contributed by atoms with Crippen LogP contribution in [0.2, 0.25) is 0 Å². The summed E-state index contributed by atoms with van der Waals surface area (Å²) in [5.74, 6) is 1.72. The van der Waals surface area contributed by atoms with Crippen molar-refractivity contribution in [2.24, 2.45) is 0 Å². The van der Waals surface area contributed by atoms with Crippen LogP contribution in [0.3, 0.4) is 0 Å². The van der Waals surface area contributed by atoms with Gasteiger partial charge in [0.25, 0.3) is 0 Å². The molecule has 1 aliphatic heterocycles. The Bertz CT molecular complexity index is 387. The zero-order valence-electron chi connectivity index (χ0n) is 12.1. The van der Waals surface area contributed by atoms with E-state index >= 15 is 0 Å². The first-order valence-corrected chi connectivity index (χ1v) is 6.87. The summed E-state index contributed by atoms with van der Waals surface area (Å²) in [5.41, 5.74) is 1.25. The van der Waals surface area contributed by atoms with Gasteiger partial charge in [0.15, 0.2) is 0 Å². The lowest BCUT2D eigenvalue weighted by atomic mass is 10.1. The fourth-order valence-corrected chi connectivity index (χ4v) is 2.76. The molecule has 1 aliphatic rings. The van der Waals surface area contributed by atoms with Crippen LogP contribution in [0.1, 0.15) is 18.4 Å². The van der Waals surface area contributed by atoms with Gasteiger partial charge in [-0.15, -0.1) is 0 Å². The third-order valence-electron chi connectivity index (χ3n) is 3.74. The second kappa shape index (κ2) is 6.78. The second-order valence-electron chi connectivity index (χ2n) is 5.05. The van der Waals surface area contributed by atoms with E-state index in [1.165, 1.54) is 24.9 Å². The van der Waals surface area contributed by atoms with Crippen molar-refractivity contribution >= 4 is 0 Å². The average molecular weight is 264 g/mol. The highest BCUT2D eigenvalue weighted by molar-refractivity contribution is 5.38. The maximum absolute atomic E-state index is 5.33. The number of hydrogen-bond donors (Lipinski definition) is 1. The molecule has 1 aromatic rings. The molecule has 1 heterocycles. The van der Waals surface area contributed by atoms with Gasteiger partial charge in [-0.25, -0.2) is 0 Å². The Labute approximate surface area is 115 Å². The second-order valence-corrected chi connectivity index (χ2v) is 5.05. The molecule has 1 aromatic carbocycles. The molecule has 0 aliphatic carbocycles. The summed E-state index contributed by atoms with van der Waals surface area (Å²) in [7, 11) is 5.40. The van der Waals surface area contributed by atoms with Crippen LogP contribution in [-0.2, 0) is 6.54 Å². The largest absolute Gasteiger partial charge is 0.497 e. The predicted molar refractivity (Wildman–Crippen MR) is 76.9 cm³/mol. The molecule has 2 rings (SSSR count). The first kappa shape index (κ1) is 14.2. The Balaban J connectivity index is 2.09. The zero-order valence-corrected chi connectivity index (χ0v) is 12.1. The number of hydrogen-bond acceptors (Lipinski definition) is 4. The molecule has 0 bridgehead atoms. The van der Waals surface area contributed by atoms with Crippen molar-refractivity contribution in [1.82, 2.24) is 10.2 Å². The minimum atomic E-state index is 0.641. The summed E-state index contributed by atoms with van der Waals surface area (Å²) < 4.78 is 10.7. The number of nitrogens with one attached hydrogen (secondary N) is 1. The molecule has 0 amide bonds. The van der Waals surface area contributed by atoms with Gasteiger partial charge in [0.1, 0.15) is 11.5 Å². The molecular weight excluding hydrogens is 240 g/mol. The van der Waals surface area contributed by atoms with E-state index in [0.29, 0.717) is 6.04 Å². The van der Waals surface area contributed by atoms with Crippen molar-refractivity contribution in [2.45, 2.75) is 25.4 Å². The van der Waals surface area contributed by atoms with Crippen LogP contribution in [0.5, 0.6) is 11.5 Å². The Morgan fingerprint density at radius 3 is 2.47 bits per heavy atom. The van der Waals surface area contributed by atoms with Gasteiger partial charge in [0, 0.05) is 25.2 Å². The summed E-state index contributed by atoms with van der Waals surface area (Å²) in [6, 6.07) is 6.75. The Hall–Kier alpha value is -1.26. The van der Waals surface area contributed by atoms with Crippen molar-refractivity contribution in [3.63, 3.8) is 0 Å². The van der Waals surface area contributed by atoms with Crippen LogP contribution in [0.4, 0.5) is 0 Å². The highest BCUT2D eigenvalue weighted by atomic mass is 16.5. The van der Waals surface area contributed by atoms with Crippen LogP contribution in [-0.4, -0.2) is 45.3 Å². The van der Waals surface area contributed by atoms with Gasteiger partial charge in [-0.05, 0) is 44.1 Å². The van der Waals surface area contributed by atoms with E-state index in [-0.39, 0.29) is 0 Å². The van der Waals surface area contributed by atoms with Gasteiger partial charge in [-0.2, -0.15) is 0 Å². The van der Waals surface area contributed by atoms with Gasteiger partial charge >= 0.3 is 0 Å². The van der Waals surface area contributed by atoms with Gasteiger partial charge in [-0.1, -0.05) is 0 Å². The maximum atomic E-state index is 5.33. The lowest BCUT2D eigenvalue weighted by Gasteiger charge is -2.24. The number of rotatable bonds is 6. The van der Waals surface area contributed by atoms with Gasteiger partial charge in [0.05, 0.1) is 14.2 Å². The highest BCUT2D eigenvalue weighted by Crippen LogP contribution is 2.26. The van der Waals surface area contributed by atoms with E-state index in [2.05, 4.69) is 22.3 Å². The summed E-state index contributed by atoms with van der Waals surface area (Å²) in [5, 5.41) is 3.28. The minimum absolute atomic E-state index is 0.641. The van der Waals surface area contributed by atoms with E-state index in [1.54, 1.807) is 14.2 Å². The Morgan fingerprint density at radius 2 is 1.89 bits per heavy atom. The number of methoxy groups -OCH3 is 2. The molecule has 4 heteroatoms. The van der Waals surface area contributed by atoms with E-state index in [1.807, 2.05) is 13.1 Å². The van der Waals surface area contributed by atoms with Crippen molar-refractivity contribution in [3.05, 3.63) is 23.8 Å². The third-order valence-corrected chi connectivity index (χ3v) is 3.74. The van der Waals surface area contributed by atoms with Crippen molar-refractivity contribution < 1.29 is 9.47 Å². The number of likely N-dealkylation sites (N-methyl/N-ethyl adjacent to an activating group) is 1. The average Bonchev–Trinajstić information content (AvgIpc) is 2.86. The Morgan fingerprint density at radius 1 is 1.21 bits per heavy atom. The normalized spacial score (nSPS) is 19.6. The molecule has 0 saturated carbocycles. The zero-order chi connectivity index (χ0) is 13.7. The smallest absolute Gasteiger partial charge is 0.122 e. The SMILES string of the molecule is CNCC1CCCN1Cc1cc(OC)cc(OC)c1. The molecule has 1 unspecified atom stereocenters. The molecule has 0 radical (unpaired) electrons. The van der Waals surface area contributed by atoms with E-state index in [0.717, 1.165) is 24.6 Å². The highest BCUT2D eigenvalue weighted by Gasteiger charge is 2.23. The van der Waals surface area contributed by atoms with Gasteiger partial charge in [0.2, 0.25) is 0 Å². The summed E-state index contributed by atoms with van der Waals surface area (Å²) in [6.07, 6.45) is 2.56. The first-order valence-electron chi connectivity index (χ1n) is 6.87. The van der Waals surface area contributed by atoms with Crippen LogP contribution in [0.15, 0.2) is 18.2 Å². The fourth-order valence-electron chi connectivity index (χ4n) is 2.76. The lowest BCUT2D eigenvalue weighted by molar-refractivity contribution is 0.241. The summed E-state index contributed by atoms with van der Waals surface area (Å²) in [6.45, 7) is 3.19. The van der Waals surface area contributed by atoms with E-state index in [4.69, 9.17) is 9.47 Å². The number of benzene rings is 1. The summed E-state index contributed by atoms with van der Waals surface area (Å²) >= 11 is 0. The molecule has 1 fully saturated rings. The maximum Gasteiger partial charge on any atom is 0.122 e. The third kappa shape index (κ3) is 3.61. The lowest BCUT2D eigenvalue weighted by Crippen LogP contribution is -2.36. The molecule has 0 spiro atoms. The van der Waals surface area contributed by atoms with Gasteiger partial charge in [-0.3, -0.25) is 4.90 Å². The molecular formula is C15H24N2O2. The molecule has 4 nitrogen and oxygen atoms in total. The van der Waals surface area contributed by atoms with Crippen LogP contribution in [0.25, 0.3) is 0 Å². The van der Waals surface area contributed by atoms with Crippen molar-refractivity contribution in [2.75, 3.05) is 34.4 Å². The molecule has 0 aromatic heterocycles. The first-order chi connectivity index (χ1) is 9.26. The van der Waals surface area contributed by atoms with Crippen molar-refractivity contribution in [1.29, 1.82) is 0 Å². The molecule has 106 valence electrons. The number of nitrogens with zero attached hydrogens (tertiary/aromatic N) is 1. The van der Waals surface area contributed by atoms with Crippen molar-refractivity contribution in [3.8, 4) is 11.5 Å². The van der Waals surface area contributed by atoms with Gasteiger partial charge < -0.3 is 14.8 Å². The molecule has 19 heavy (non-hydrogen) atoms. The Kier molecular flexibility index (Phi) is 5.05.